The van der Waals surface area contributed by atoms with Gasteiger partial charge in [-0.3, -0.25) is 4.79 Å². The molecule has 2 atom stereocenters. The predicted molar refractivity (Wildman–Crippen MR) is 245 cm³/mol. The fraction of sp³-hybridized carbons (Fsp3) is 0.234. The topological polar surface area (TPSA) is 198 Å². The van der Waals surface area contributed by atoms with Crippen molar-refractivity contribution in [2.24, 2.45) is 5.73 Å². The van der Waals surface area contributed by atoms with Crippen molar-refractivity contribution in [3.8, 4) is 33.8 Å². The minimum absolute atomic E-state index is 0. The fourth-order valence-electron chi connectivity index (χ4n) is 7.34. The number of halogens is 4. The number of carbonyl (C=O) groups is 2. The molecule has 1 amide bonds. The van der Waals surface area contributed by atoms with Crippen molar-refractivity contribution >= 4 is 46.7 Å². The zero-order chi connectivity index (χ0) is 42.5. The Morgan fingerprint density at radius 2 is 1.14 bits per heavy atom. The number of nitrogens with zero attached hydrogens (tertiary/aromatic N) is 4. The highest BCUT2D eigenvalue weighted by Crippen LogP contribution is 2.38. The molecule has 6 aromatic rings. The number of hydrogen-bond donors (Lipinski definition) is 3. The molecule has 63 heavy (non-hydrogen) atoms. The summed E-state index contributed by atoms with van der Waals surface area (Å²) < 4.78 is 41.6. The van der Waals surface area contributed by atoms with E-state index in [1.54, 1.807) is 96.2 Å². The van der Waals surface area contributed by atoms with Crippen molar-refractivity contribution in [2.45, 2.75) is 45.2 Å². The molecular weight excluding hydrogens is 853 g/mol. The van der Waals surface area contributed by atoms with Gasteiger partial charge in [-0.05, 0) is 94.8 Å². The van der Waals surface area contributed by atoms with Gasteiger partial charge in [0.2, 0.25) is 5.91 Å². The maximum absolute atomic E-state index is 15.4. The average Bonchev–Trinajstić information content (AvgIpc) is 3.19. The molecule has 4 aromatic carbocycles. The van der Waals surface area contributed by atoms with E-state index in [0.717, 1.165) is 24.1 Å². The van der Waals surface area contributed by atoms with Gasteiger partial charge in [0.05, 0.1) is 25.3 Å². The van der Waals surface area contributed by atoms with Crippen LogP contribution in [0.1, 0.15) is 42.5 Å². The first-order chi connectivity index (χ1) is 28.9. The van der Waals surface area contributed by atoms with Crippen molar-refractivity contribution in [1.29, 1.82) is 0 Å². The Morgan fingerprint density at radius 3 is 1.46 bits per heavy atom. The summed E-state index contributed by atoms with van der Waals surface area (Å²) in [6.07, 6.45) is 5.43. The number of nitrogens with two attached hydrogens (primary N) is 1. The molecule has 0 unspecified atom stereocenters. The molecule has 0 radical (unpaired) electrons. The minimum atomic E-state index is -0.846. The molecule has 4 heterocycles. The lowest BCUT2D eigenvalue weighted by Gasteiger charge is -2.39. The zero-order valence-corrected chi connectivity index (χ0v) is 35.5. The molecular formula is C47H50Cl2F2N6O6. The van der Waals surface area contributed by atoms with E-state index in [1.165, 1.54) is 14.2 Å². The van der Waals surface area contributed by atoms with Gasteiger partial charge in [0, 0.05) is 48.4 Å². The highest BCUT2D eigenvalue weighted by atomic mass is 35.5. The van der Waals surface area contributed by atoms with Crippen LogP contribution in [0, 0.1) is 11.6 Å². The number of aromatic nitrogens is 2. The molecule has 12 nitrogen and oxygen atoms in total. The van der Waals surface area contributed by atoms with E-state index in [-0.39, 0.29) is 42.6 Å². The first-order valence-corrected chi connectivity index (χ1v) is 19.9. The molecule has 8 N–H and O–H groups in total. The normalized spacial score (nSPS) is 14.8. The number of ether oxygens (including phenoxy) is 2. The average molecular weight is 904 g/mol. The van der Waals surface area contributed by atoms with Gasteiger partial charge in [0.25, 0.3) is 0 Å². The number of anilines is 2. The predicted octanol–water partition coefficient (Wildman–Crippen LogP) is 8.98. The van der Waals surface area contributed by atoms with Crippen LogP contribution in [-0.2, 0) is 22.4 Å². The summed E-state index contributed by atoms with van der Waals surface area (Å²) in [6.45, 7) is 1.41. The van der Waals surface area contributed by atoms with Gasteiger partial charge < -0.3 is 41.7 Å². The second-order valence-electron chi connectivity index (χ2n) is 14.4. The van der Waals surface area contributed by atoms with Crippen LogP contribution in [0.25, 0.3) is 22.3 Å². The molecule has 2 aliphatic heterocycles. The largest absolute Gasteiger partial charge is 0.496 e. The third-order valence-corrected chi connectivity index (χ3v) is 11.2. The van der Waals surface area contributed by atoms with E-state index in [9.17, 15) is 14.7 Å². The number of pyridine rings is 2. The minimum Gasteiger partial charge on any atom is -0.496 e. The lowest BCUT2D eigenvalue weighted by molar-refractivity contribution is -0.140. The maximum atomic E-state index is 15.4. The van der Waals surface area contributed by atoms with Gasteiger partial charge in [-0.15, -0.1) is 0 Å². The Balaban J connectivity index is 0.000000264. The molecule has 2 fully saturated rings. The fourth-order valence-corrected chi connectivity index (χ4v) is 7.72. The van der Waals surface area contributed by atoms with Crippen LogP contribution < -0.4 is 31.2 Å². The summed E-state index contributed by atoms with van der Waals surface area (Å²) >= 11 is 12.2. The lowest BCUT2D eigenvalue weighted by atomic mass is 9.97. The SMILES string of the molecule is C.COc1ccc(Cc2ccc(N3CC[C@@H]3C(=O)O)nc2)c(F)c1-c1cccc(Cl)c1.COc1ccc(Cc2ccc(N3CC[C@@H]3C(N)=O)nc2)c(F)c1-c1cccc(Cl)c1.N.O. The number of aliphatic carboxylic acids is 1. The van der Waals surface area contributed by atoms with Gasteiger partial charge in [-0.2, -0.15) is 0 Å². The van der Waals surface area contributed by atoms with Crippen LogP contribution in [0.2, 0.25) is 10.0 Å². The number of methoxy groups -OCH3 is 2. The summed E-state index contributed by atoms with van der Waals surface area (Å²) in [7, 11) is 3.02. The number of carboxylic acids is 1. The van der Waals surface area contributed by atoms with Crippen LogP contribution in [0.5, 0.6) is 11.5 Å². The van der Waals surface area contributed by atoms with E-state index in [0.29, 0.717) is 92.4 Å². The Bertz CT molecular complexity index is 2360. The van der Waals surface area contributed by atoms with E-state index in [4.69, 9.17) is 38.4 Å². The zero-order valence-electron chi connectivity index (χ0n) is 34.0. The van der Waals surface area contributed by atoms with Crippen LogP contribution in [0.3, 0.4) is 0 Å². The summed E-state index contributed by atoms with van der Waals surface area (Å²) in [4.78, 5) is 35.1. The number of benzene rings is 4. The molecule has 16 heteroatoms. The van der Waals surface area contributed by atoms with Crippen LogP contribution in [0.15, 0.2) is 109 Å². The lowest BCUT2D eigenvalue weighted by Crippen LogP contribution is -2.55. The van der Waals surface area contributed by atoms with E-state index >= 15 is 8.78 Å². The monoisotopic (exact) mass is 902 g/mol. The standard InChI is InChI=1S/C23H21ClFN3O2.C23H20ClFN2O3.CH4.H3N.H2O/c1-30-19-7-6-16(22(25)21(19)15-3-2-4-17(24)12-15)11-14-5-8-20(27-13-14)28-10-9-18(28)23(26)29;1-30-19-7-6-16(22(25)21(19)15-3-2-4-17(24)12-15)11-14-5-8-20(26-13-14)27-10-9-18(27)23(28)29;;;/h2-8,12-13,18H,9-11H2,1H3,(H2,26,29);2-8,12-13,18H,9-11H2,1H3,(H,28,29);1H4;1H3;1H2/t2*18-;;;/m11.../s1. The Hall–Kier alpha value is -6.32. The van der Waals surface area contributed by atoms with Crippen LogP contribution in [-0.4, -0.2) is 71.8 Å². The quantitative estimate of drug-likeness (QED) is 0.107. The molecule has 0 aliphatic carbocycles. The number of hydrogen-bond acceptors (Lipinski definition) is 9. The van der Waals surface area contributed by atoms with Crippen molar-refractivity contribution in [3.05, 3.63) is 153 Å². The van der Waals surface area contributed by atoms with Gasteiger partial charge in [-0.1, -0.05) is 79.2 Å². The summed E-state index contributed by atoms with van der Waals surface area (Å²) in [5.41, 5.74) is 10.2. The molecule has 0 spiro atoms. The van der Waals surface area contributed by atoms with Gasteiger partial charge in [-0.25, -0.2) is 23.5 Å². The Morgan fingerprint density at radius 1 is 0.714 bits per heavy atom. The summed E-state index contributed by atoms with van der Waals surface area (Å²) in [5.74, 6) is 0.288. The van der Waals surface area contributed by atoms with Crippen LogP contribution in [0.4, 0.5) is 20.4 Å². The highest BCUT2D eigenvalue weighted by Gasteiger charge is 2.35. The third kappa shape index (κ3) is 10.8. The number of carboxylic acid groups (broad SMARTS) is 1. The summed E-state index contributed by atoms with van der Waals surface area (Å²) in [5, 5.41) is 10.2. The number of primary amides is 1. The first kappa shape index (κ1) is 49.3. The van der Waals surface area contributed by atoms with E-state index in [2.05, 4.69) is 9.97 Å². The van der Waals surface area contributed by atoms with E-state index in [1.807, 2.05) is 23.1 Å². The van der Waals surface area contributed by atoms with Crippen molar-refractivity contribution < 1.29 is 38.4 Å². The van der Waals surface area contributed by atoms with E-state index < -0.39 is 12.0 Å². The molecule has 2 aliphatic rings. The van der Waals surface area contributed by atoms with Gasteiger partial charge in [0.15, 0.2) is 0 Å². The van der Waals surface area contributed by atoms with Crippen molar-refractivity contribution in [3.63, 3.8) is 0 Å². The number of rotatable bonds is 12. The molecule has 332 valence electrons. The number of amides is 1. The molecule has 8 rings (SSSR count). The van der Waals surface area contributed by atoms with Gasteiger partial charge >= 0.3 is 5.97 Å². The Kier molecular flexibility index (Phi) is 17.0. The second-order valence-corrected chi connectivity index (χ2v) is 15.3. The van der Waals surface area contributed by atoms with Crippen molar-refractivity contribution in [2.75, 3.05) is 37.1 Å². The molecule has 0 bridgehead atoms. The van der Waals surface area contributed by atoms with Crippen LogP contribution >= 0.6 is 23.2 Å². The highest BCUT2D eigenvalue weighted by molar-refractivity contribution is 6.31. The first-order valence-electron chi connectivity index (χ1n) is 19.1. The Labute approximate surface area is 375 Å². The van der Waals surface area contributed by atoms with Gasteiger partial charge in [0.1, 0.15) is 46.9 Å². The smallest absolute Gasteiger partial charge is 0.326 e. The summed E-state index contributed by atoms with van der Waals surface area (Å²) in [6, 6.07) is 27.5. The van der Waals surface area contributed by atoms with Crippen molar-refractivity contribution in [1.82, 2.24) is 16.1 Å². The molecule has 2 aromatic heterocycles. The molecule has 0 saturated carbocycles. The number of carbonyl (C=O) groups excluding carboxylic acids is 1. The third-order valence-electron chi connectivity index (χ3n) is 10.7. The second kappa shape index (κ2) is 21.7. The molecule has 2 saturated heterocycles. The maximum Gasteiger partial charge on any atom is 0.326 e.